The highest BCUT2D eigenvalue weighted by atomic mass is 19.4. The van der Waals surface area contributed by atoms with Crippen LogP contribution in [0, 0.1) is 28.1 Å². The zero-order valence-corrected chi connectivity index (χ0v) is 16.3. The highest BCUT2D eigenvalue weighted by Gasteiger charge is 2.55. The number of amides is 1. The lowest BCUT2D eigenvalue weighted by Gasteiger charge is -2.43. The lowest BCUT2D eigenvalue weighted by molar-refractivity contribution is -0.138. The molecule has 2 atom stereocenters. The molecular weight excluding hydrogens is 383 g/mol. The van der Waals surface area contributed by atoms with Gasteiger partial charge in [-0.1, -0.05) is 6.92 Å². The first-order valence-corrected chi connectivity index (χ1v) is 9.88. The summed E-state index contributed by atoms with van der Waals surface area (Å²) in [5.74, 6) is 0.126. The number of piperidine rings is 1. The summed E-state index contributed by atoms with van der Waals surface area (Å²) in [6, 6.07) is 5.40. The molecular formula is C21H24F3N3O2. The molecule has 29 heavy (non-hydrogen) atoms. The van der Waals surface area contributed by atoms with E-state index >= 15 is 0 Å². The lowest BCUT2D eigenvalue weighted by Crippen LogP contribution is -2.49. The highest BCUT2D eigenvalue weighted by molar-refractivity contribution is 5.85. The molecule has 156 valence electrons. The number of carbonyl (C=O) groups excluding carboxylic acids is 1. The fraction of sp³-hybridized carbons (Fsp3) is 0.619. The van der Waals surface area contributed by atoms with E-state index < -0.39 is 22.7 Å². The van der Waals surface area contributed by atoms with Crippen LogP contribution in [-0.4, -0.2) is 48.7 Å². The van der Waals surface area contributed by atoms with Crippen LogP contribution in [0.2, 0.25) is 0 Å². The van der Waals surface area contributed by atoms with E-state index in [9.17, 15) is 23.1 Å². The van der Waals surface area contributed by atoms with E-state index in [1.807, 2.05) is 16.7 Å². The number of likely N-dealkylation sites (tertiary alicyclic amines) is 1. The molecule has 0 unspecified atom stereocenters. The Bertz CT molecular complexity index is 875. The molecule has 0 aromatic heterocycles. The third-order valence-electron chi connectivity index (χ3n) is 7.05. The van der Waals surface area contributed by atoms with Crippen LogP contribution in [0.4, 0.5) is 18.9 Å². The van der Waals surface area contributed by atoms with E-state index in [4.69, 9.17) is 5.26 Å². The largest absolute Gasteiger partial charge is 0.417 e. The van der Waals surface area contributed by atoms with Gasteiger partial charge in [-0.3, -0.25) is 4.79 Å². The molecule has 3 fully saturated rings. The van der Waals surface area contributed by atoms with Crippen LogP contribution in [-0.2, 0) is 11.0 Å². The van der Waals surface area contributed by atoms with Crippen LogP contribution < -0.4 is 4.90 Å². The maximum Gasteiger partial charge on any atom is 0.417 e. The molecule has 2 aliphatic heterocycles. The number of hydrogen-bond acceptors (Lipinski definition) is 4. The predicted molar refractivity (Wildman–Crippen MR) is 99.9 cm³/mol. The average Bonchev–Trinajstić information content (AvgIpc) is 3.33. The molecule has 0 radical (unpaired) electrons. The molecule has 1 aromatic rings. The molecule has 0 spiro atoms. The molecule has 3 aliphatic rings. The van der Waals surface area contributed by atoms with Gasteiger partial charge >= 0.3 is 6.18 Å². The average molecular weight is 407 g/mol. The number of alkyl halides is 3. The van der Waals surface area contributed by atoms with Crippen LogP contribution in [0.3, 0.4) is 0 Å². The fourth-order valence-corrected chi connectivity index (χ4v) is 4.77. The number of nitriles is 1. The molecule has 1 N–H and O–H groups in total. The number of benzene rings is 1. The minimum absolute atomic E-state index is 0.00229. The number of hydrogen-bond donors (Lipinski definition) is 1. The summed E-state index contributed by atoms with van der Waals surface area (Å²) in [7, 11) is 0. The third kappa shape index (κ3) is 3.35. The van der Waals surface area contributed by atoms with E-state index in [0.717, 1.165) is 18.9 Å². The van der Waals surface area contributed by atoms with Crippen LogP contribution >= 0.6 is 0 Å². The summed E-state index contributed by atoms with van der Waals surface area (Å²) < 4.78 is 40.0. The molecule has 1 aromatic carbocycles. The van der Waals surface area contributed by atoms with Gasteiger partial charge in [0, 0.05) is 48.6 Å². The molecule has 1 amide bonds. The van der Waals surface area contributed by atoms with Crippen molar-refractivity contribution in [1.29, 1.82) is 5.26 Å². The number of anilines is 1. The van der Waals surface area contributed by atoms with Gasteiger partial charge in [-0.25, -0.2) is 0 Å². The van der Waals surface area contributed by atoms with E-state index in [-0.39, 0.29) is 23.8 Å². The minimum atomic E-state index is -4.60. The van der Waals surface area contributed by atoms with Crippen molar-refractivity contribution >= 4 is 11.6 Å². The van der Waals surface area contributed by atoms with Gasteiger partial charge in [0.2, 0.25) is 5.91 Å². The summed E-state index contributed by atoms with van der Waals surface area (Å²) in [5, 5.41) is 19.1. The van der Waals surface area contributed by atoms with E-state index in [2.05, 4.69) is 0 Å². The van der Waals surface area contributed by atoms with Crippen LogP contribution in [0.5, 0.6) is 0 Å². The van der Waals surface area contributed by atoms with Crippen molar-refractivity contribution in [2.24, 2.45) is 16.7 Å². The van der Waals surface area contributed by atoms with Gasteiger partial charge in [0.25, 0.3) is 0 Å². The molecule has 1 saturated carbocycles. The monoisotopic (exact) mass is 407 g/mol. The summed E-state index contributed by atoms with van der Waals surface area (Å²) in [4.78, 5) is 16.5. The Morgan fingerprint density at radius 2 is 2.03 bits per heavy atom. The summed E-state index contributed by atoms with van der Waals surface area (Å²) >= 11 is 0. The molecule has 0 bridgehead atoms. The molecule has 5 nitrogen and oxygen atoms in total. The number of nitrogens with zero attached hydrogens (tertiary/aromatic N) is 3. The molecule has 4 rings (SSSR count). The number of aliphatic hydroxyl groups excluding tert-OH is 1. The van der Waals surface area contributed by atoms with Gasteiger partial charge in [-0.05, 0) is 37.5 Å². The Balaban J connectivity index is 1.56. The highest BCUT2D eigenvalue weighted by Crippen LogP contribution is 2.50. The summed E-state index contributed by atoms with van der Waals surface area (Å²) in [5.41, 5.74) is -1.57. The van der Waals surface area contributed by atoms with Gasteiger partial charge in [0.15, 0.2) is 0 Å². The van der Waals surface area contributed by atoms with Gasteiger partial charge < -0.3 is 14.9 Å². The van der Waals surface area contributed by atoms with Crippen molar-refractivity contribution < 1.29 is 23.1 Å². The minimum Gasteiger partial charge on any atom is -0.396 e. The van der Waals surface area contributed by atoms with Crippen molar-refractivity contribution in [2.45, 2.75) is 32.4 Å². The second-order valence-corrected chi connectivity index (χ2v) is 9.00. The van der Waals surface area contributed by atoms with Crippen molar-refractivity contribution in [3.63, 3.8) is 0 Å². The number of aliphatic hydroxyl groups is 1. The molecule has 2 saturated heterocycles. The van der Waals surface area contributed by atoms with Gasteiger partial charge in [-0.15, -0.1) is 0 Å². The Hall–Kier alpha value is -2.27. The number of rotatable bonds is 3. The Labute approximate surface area is 167 Å². The van der Waals surface area contributed by atoms with Gasteiger partial charge in [0.05, 0.1) is 23.8 Å². The second kappa shape index (κ2) is 6.63. The quantitative estimate of drug-likeness (QED) is 0.837. The van der Waals surface area contributed by atoms with Crippen LogP contribution in [0.25, 0.3) is 0 Å². The van der Waals surface area contributed by atoms with E-state index in [1.54, 1.807) is 12.1 Å². The van der Waals surface area contributed by atoms with Crippen molar-refractivity contribution in [1.82, 2.24) is 4.90 Å². The lowest BCUT2D eigenvalue weighted by atomic mass is 9.73. The van der Waals surface area contributed by atoms with Gasteiger partial charge in [0.1, 0.15) is 0 Å². The normalized spacial score (nSPS) is 28.1. The maximum atomic E-state index is 13.3. The number of fused-ring (bicyclic) bond motifs is 1. The third-order valence-corrected chi connectivity index (χ3v) is 7.05. The Morgan fingerprint density at radius 1 is 1.31 bits per heavy atom. The number of carbonyl (C=O) groups is 1. The van der Waals surface area contributed by atoms with Crippen molar-refractivity contribution in [3.8, 4) is 6.07 Å². The molecule has 8 heteroatoms. The first-order chi connectivity index (χ1) is 13.6. The smallest absolute Gasteiger partial charge is 0.396 e. The second-order valence-electron chi connectivity index (χ2n) is 9.00. The Morgan fingerprint density at radius 3 is 2.62 bits per heavy atom. The fourth-order valence-electron chi connectivity index (χ4n) is 4.77. The first-order valence-electron chi connectivity index (χ1n) is 9.88. The SMILES string of the molecule is CC1(C(=O)N2C[C@H]3CN(c4ccc(C#N)c(C(F)(F)F)c4)CC[C@@]3(CO)C2)CC1. The summed E-state index contributed by atoms with van der Waals surface area (Å²) in [6.07, 6.45) is -2.22. The maximum absolute atomic E-state index is 13.3. The summed E-state index contributed by atoms with van der Waals surface area (Å²) in [6.45, 7) is 3.94. The van der Waals surface area contributed by atoms with Crippen LogP contribution in [0.15, 0.2) is 18.2 Å². The molecule has 1 aliphatic carbocycles. The zero-order chi connectivity index (χ0) is 21.0. The predicted octanol–water partition coefficient (Wildman–Crippen LogP) is 3.02. The Kier molecular flexibility index (Phi) is 4.57. The molecule has 2 heterocycles. The first kappa shape index (κ1) is 20.0. The van der Waals surface area contributed by atoms with E-state index in [1.165, 1.54) is 6.07 Å². The number of halogens is 3. The van der Waals surface area contributed by atoms with Gasteiger partial charge in [-0.2, -0.15) is 18.4 Å². The van der Waals surface area contributed by atoms with Crippen molar-refractivity contribution in [3.05, 3.63) is 29.3 Å². The zero-order valence-electron chi connectivity index (χ0n) is 16.3. The standard InChI is InChI=1S/C21H24F3N3O2/c1-19(4-5-19)18(29)27-11-15-10-26(7-6-20(15,12-27)13-28)16-3-2-14(9-25)17(8-16)21(22,23)24/h2-3,8,15,28H,4-7,10-13H2,1H3/t15-,20+/m1/s1. The van der Waals surface area contributed by atoms with E-state index in [0.29, 0.717) is 38.3 Å². The van der Waals surface area contributed by atoms with Crippen LogP contribution in [0.1, 0.15) is 37.3 Å². The topological polar surface area (TPSA) is 67.6 Å². The van der Waals surface area contributed by atoms with Crippen molar-refractivity contribution in [2.75, 3.05) is 37.7 Å².